The summed E-state index contributed by atoms with van der Waals surface area (Å²) >= 11 is 0. The maximum Gasteiger partial charge on any atom is 0.273 e. The van der Waals surface area contributed by atoms with E-state index in [9.17, 15) is 14.9 Å². The van der Waals surface area contributed by atoms with Crippen LogP contribution in [-0.2, 0) is 11.2 Å². The molecule has 1 amide bonds. The van der Waals surface area contributed by atoms with Crippen LogP contribution in [-0.4, -0.2) is 31.0 Å². The van der Waals surface area contributed by atoms with Crippen LogP contribution in [0.5, 0.6) is 5.75 Å². The monoisotopic (exact) mass is 341 g/mol. The second-order valence-electron chi connectivity index (χ2n) is 5.96. The topological polar surface area (TPSA) is 84.7 Å². The van der Waals surface area contributed by atoms with Crippen LogP contribution in [0.15, 0.2) is 42.5 Å². The first-order valence-electron chi connectivity index (χ1n) is 8.04. The highest BCUT2D eigenvalue weighted by atomic mass is 16.6. The molecule has 0 atom stereocenters. The van der Waals surface area contributed by atoms with E-state index >= 15 is 0 Å². The van der Waals surface area contributed by atoms with Crippen LogP contribution in [0.4, 0.5) is 17.1 Å². The minimum Gasteiger partial charge on any atom is -0.484 e. The summed E-state index contributed by atoms with van der Waals surface area (Å²) in [5, 5.41) is 13.5. The highest BCUT2D eigenvalue weighted by molar-refractivity contribution is 5.92. The smallest absolute Gasteiger partial charge is 0.273 e. The molecule has 1 aliphatic heterocycles. The number of aryl methyl sites for hydroxylation is 1. The van der Waals surface area contributed by atoms with Gasteiger partial charge >= 0.3 is 0 Å². The molecule has 0 fully saturated rings. The molecule has 0 aromatic heterocycles. The van der Waals surface area contributed by atoms with Crippen molar-refractivity contribution >= 4 is 23.0 Å². The molecular formula is C18H19N3O4. The molecule has 7 nitrogen and oxygen atoms in total. The van der Waals surface area contributed by atoms with Gasteiger partial charge < -0.3 is 15.0 Å². The third-order valence-electron chi connectivity index (χ3n) is 4.11. The van der Waals surface area contributed by atoms with Gasteiger partial charge in [-0.1, -0.05) is 6.07 Å². The standard InChI is InChI=1S/C18H19N3O4/c1-20-9-3-4-13-10-14(7-8-17(13)20)19-18(22)12-25-16-6-2-5-15(11-16)21(23)24/h2,5-8,10-11H,3-4,9,12H2,1H3,(H,19,22). The SMILES string of the molecule is CN1CCCc2cc(NC(=O)COc3cccc([N+](=O)[O-])c3)ccc21. The van der Waals surface area contributed by atoms with Crippen molar-refractivity contribution in [3.05, 3.63) is 58.1 Å². The molecular weight excluding hydrogens is 322 g/mol. The molecule has 3 rings (SSSR count). The molecule has 0 bridgehead atoms. The summed E-state index contributed by atoms with van der Waals surface area (Å²) in [6.45, 7) is 0.827. The molecule has 0 radical (unpaired) electrons. The molecule has 1 N–H and O–H groups in total. The number of hydrogen-bond donors (Lipinski definition) is 1. The van der Waals surface area contributed by atoms with E-state index in [2.05, 4.69) is 17.3 Å². The highest BCUT2D eigenvalue weighted by Crippen LogP contribution is 2.28. The molecule has 0 saturated carbocycles. The number of carbonyl (C=O) groups is 1. The van der Waals surface area contributed by atoms with Gasteiger partial charge in [0.1, 0.15) is 5.75 Å². The van der Waals surface area contributed by atoms with Crippen molar-refractivity contribution in [1.29, 1.82) is 0 Å². The van der Waals surface area contributed by atoms with Crippen LogP contribution in [0.1, 0.15) is 12.0 Å². The second-order valence-corrected chi connectivity index (χ2v) is 5.96. The van der Waals surface area contributed by atoms with E-state index in [4.69, 9.17) is 4.74 Å². The predicted molar refractivity (Wildman–Crippen MR) is 95.3 cm³/mol. The molecule has 1 aliphatic rings. The van der Waals surface area contributed by atoms with Crippen molar-refractivity contribution in [1.82, 2.24) is 0 Å². The van der Waals surface area contributed by atoms with Gasteiger partial charge in [-0.3, -0.25) is 14.9 Å². The van der Waals surface area contributed by atoms with Gasteiger partial charge in [-0.25, -0.2) is 0 Å². The average Bonchev–Trinajstić information content (AvgIpc) is 2.60. The van der Waals surface area contributed by atoms with Crippen LogP contribution >= 0.6 is 0 Å². The van der Waals surface area contributed by atoms with E-state index in [0.29, 0.717) is 0 Å². The van der Waals surface area contributed by atoms with E-state index in [1.54, 1.807) is 6.07 Å². The third-order valence-corrected chi connectivity index (χ3v) is 4.11. The first-order valence-corrected chi connectivity index (χ1v) is 8.04. The average molecular weight is 341 g/mol. The van der Waals surface area contributed by atoms with Crippen molar-refractivity contribution < 1.29 is 14.5 Å². The maximum absolute atomic E-state index is 12.1. The number of benzene rings is 2. The van der Waals surface area contributed by atoms with Crippen molar-refractivity contribution in [2.75, 3.05) is 30.4 Å². The quantitative estimate of drug-likeness (QED) is 0.667. The zero-order chi connectivity index (χ0) is 17.8. The van der Waals surface area contributed by atoms with Gasteiger partial charge in [-0.2, -0.15) is 0 Å². The molecule has 0 spiro atoms. The minimum atomic E-state index is -0.503. The Bertz CT molecular complexity index is 807. The molecule has 25 heavy (non-hydrogen) atoms. The summed E-state index contributed by atoms with van der Waals surface area (Å²) in [6.07, 6.45) is 2.09. The first-order chi connectivity index (χ1) is 12.0. The molecule has 1 heterocycles. The zero-order valence-electron chi connectivity index (χ0n) is 13.9. The number of carbonyl (C=O) groups excluding carboxylic acids is 1. The van der Waals surface area contributed by atoms with Crippen molar-refractivity contribution in [2.24, 2.45) is 0 Å². The predicted octanol–water partition coefficient (Wildman–Crippen LogP) is 2.99. The van der Waals surface area contributed by atoms with E-state index in [1.165, 1.54) is 29.4 Å². The number of rotatable bonds is 5. The van der Waals surface area contributed by atoms with Gasteiger partial charge in [0.25, 0.3) is 11.6 Å². The van der Waals surface area contributed by atoms with Gasteiger partial charge in [0, 0.05) is 31.0 Å². The van der Waals surface area contributed by atoms with Gasteiger partial charge in [0.05, 0.1) is 11.0 Å². The lowest BCUT2D eigenvalue weighted by atomic mass is 10.0. The largest absolute Gasteiger partial charge is 0.484 e. The summed E-state index contributed by atoms with van der Waals surface area (Å²) in [5.74, 6) is -0.0213. The fourth-order valence-corrected chi connectivity index (χ4v) is 2.90. The molecule has 0 saturated heterocycles. The number of nitrogens with one attached hydrogen (secondary N) is 1. The molecule has 130 valence electrons. The van der Waals surface area contributed by atoms with Crippen molar-refractivity contribution in [2.45, 2.75) is 12.8 Å². The number of amides is 1. The van der Waals surface area contributed by atoms with Gasteiger partial charge in [0.15, 0.2) is 6.61 Å². The lowest BCUT2D eigenvalue weighted by Crippen LogP contribution is -2.25. The van der Waals surface area contributed by atoms with E-state index in [1.807, 2.05) is 18.2 Å². The Morgan fingerprint density at radius 1 is 1.32 bits per heavy atom. The van der Waals surface area contributed by atoms with Crippen LogP contribution in [0.2, 0.25) is 0 Å². The maximum atomic E-state index is 12.1. The number of hydrogen-bond acceptors (Lipinski definition) is 5. The number of non-ortho nitro benzene ring substituents is 1. The van der Waals surface area contributed by atoms with E-state index in [-0.39, 0.29) is 24.0 Å². The number of ether oxygens (including phenoxy) is 1. The lowest BCUT2D eigenvalue weighted by molar-refractivity contribution is -0.384. The zero-order valence-corrected chi connectivity index (χ0v) is 13.9. The summed E-state index contributed by atoms with van der Waals surface area (Å²) in [5.41, 5.74) is 3.06. The van der Waals surface area contributed by atoms with E-state index in [0.717, 1.165) is 25.1 Å². The van der Waals surface area contributed by atoms with E-state index < -0.39 is 4.92 Å². The molecule has 0 unspecified atom stereocenters. The highest BCUT2D eigenvalue weighted by Gasteiger charge is 2.14. The Morgan fingerprint density at radius 2 is 2.16 bits per heavy atom. The summed E-state index contributed by atoms with van der Waals surface area (Å²) in [6, 6.07) is 11.6. The van der Waals surface area contributed by atoms with Crippen molar-refractivity contribution in [3.8, 4) is 5.75 Å². The Kier molecular flexibility index (Phi) is 4.83. The summed E-state index contributed by atoms with van der Waals surface area (Å²) < 4.78 is 5.34. The Morgan fingerprint density at radius 3 is 2.96 bits per heavy atom. The molecule has 7 heteroatoms. The Balaban J connectivity index is 1.59. The number of fused-ring (bicyclic) bond motifs is 1. The van der Waals surface area contributed by atoms with Gasteiger partial charge in [-0.15, -0.1) is 0 Å². The Labute approximate surface area is 145 Å². The normalized spacial score (nSPS) is 13.1. The fraction of sp³-hybridized carbons (Fsp3) is 0.278. The number of anilines is 2. The first kappa shape index (κ1) is 16.8. The Hall–Kier alpha value is -3.09. The fourth-order valence-electron chi connectivity index (χ4n) is 2.90. The van der Waals surface area contributed by atoms with Crippen molar-refractivity contribution in [3.63, 3.8) is 0 Å². The van der Waals surface area contributed by atoms with Gasteiger partial charge in [0.2, 0.25) is 0 Å². The number of nitro groups is 1. The number of nitro benzene ring substituents is 1. The third kappa shape index (κ3) is 4.06. The lowest BCUT2D eigenvalue weighted by Gasteiger charge is -2.27. The van der Waals surface area contributed by atoms with Crippen LogP contribution in [0, 0.1) is 10.1 Å². The molecule has 2 aromatic rings. The minimum absolute atomic E-state index is 0.0725. The van der Waals surface area contributed by atoms with Gasteiger partial charge in [-0.05, 0) is 42.7 Å². The molecule has 0 aliphatic carbocycles. The summed E-state index contributed by atoms with van der Waals surface area (Å²) in [7, 11) is 2.06. The molecule has 2 aromatic carbocycles. The van der Waals surface area contributed by atoms with Crippen LogP contribution in [0.25, 0.3) is 0 Å². The summed E-state index contributed by atoms with van der Waals surface area (Å²) in [4.78, 5) is 24.5. The van der Waals surface area contributed by atoms with Crippen LogP contribution in [0.3, 0.4) is 0 Å². The second kappa shape index (κ2) is 7.21. The number of nitrogens with zero attached hydrogens (tertiary/aromatic N) is 2. The van der Waals surface area contributed by atoms with Crippen LogP contribution < -0.4 is 15.0 Å².